The van der Waals surface area contributed by atoms with E-state index in [2.05, 4.69) is 4.74 Å². The topological polar surface area (TPSA) is 51.5 Å². The van der Waals surface area contributed by atoms with Crippen LogP contribution in [0.25, 0.3) is 6.08 Å². The van der Waals surface area contributed by atoms with Crippen LogP contribution in [0.1, 0.15) is 17.8 Å². The predicted molar refractivity (Wildman–Crippen MR) is 55.0 cm³/mol. The minimum absolute atomic E-state index is 0.0292. The van der Waals surface area contributed by atoms with Crippen molar-refractivity contribution in [2.75, 3.05) is 7.11 Å². The van der Waals surface area contributed by atoms with Gasteiger partial charge in [-0.25, -0.2) is 4.79 Å². The van der Waals surface area contributed by atoms with Crippen LogP contribution in [0.3, 0.4) is 0 Å². The largest absolute Gasteiger partial charge is 0.466 e. The molecule has 2 rings (SSSR count). The molecule has 4 nitrogen and oxygen atoms in total. The molecule has 0 unspecified atom stereocenters. The normalized spacial score (nSPS) is 14.4. The Morgan fingerprint density at radius 2 is 2.40 bits per heavy atom. The van der Waals surface area contributed by atoms with Gasteiger partial charge in [-0.05, 0) is 24.6 Å². The Balaban J connectivity index is 2.34. The van der Waals surface area contributed by atoms with E-state index in [1.807, 2.05) is 22.8 Å². The summed E-state index contributed by atoms with van der Waals surface area (Å²) in [5, 5.41) is 9.07. The van der Waals surface area contributed by atoms with E-state index in [1.54, 1.807) is 0 Å². The third-order valence-corrected chi connectivity index (χ3v) is 2.64. The van der Waals surface area contributed by atoms with Crippen LogP contribution in [-0.2, 0) is 22.7 Å². The number of aromatic nitrogens is 1. The number of methoxy groups -OCH3 is 1. The van der Waals surface area contributed by atoms with E-state index in [-0.39, 0.29) is 12.6 Å². The minimum atomic E-state index is -0.270. The number of carbonyl (C=O) groups excluding carboxylic acids is 1. The number of fused-ring (bicyclic) bond motifs is 1. The summed E-state index contributed by atoms with van der Waals surface area (Å²) < 4.78 is 6.68. The first kappa shape index (κ1) is 9.98. The van der Waals surface area contributed by atoms with Gasteiger partial charge in [-0.1, -0.05) is 0 Å². The molecule has 0 aromatic carbocycles. The minimum Gasteiger partial charge on any atom is -0.466 e. The van der Waals surface area contributed by atoms with E-state index in [0.717, 1.165) is 17.9 Å². The highest BCUT2D eigenvalue weighted by Crippen LogP contribution is 2.22. The molecule has 0 fully saturated rings. The van der Waals surface area contributed by atoms with Crippen molar-refractivity contribution in [1.82, 2.24) is 4.57 Å². The lowest BCUT2D eigenvalue weighted by atomic mass is 10.1. The lowest BCUT2D eigenvalue weighted by Crippen LogP contribution is -2.15. The number of rotatable bonds is 2. The van der Waals surface area contributed by atoms with Crippen LogP contribution < -0.4 is 0 Å². The first-order valence-corrected chi connectivity index (χ1v) is 4.84. The zero-order valence-corrected chi connectivity index (χ0v) is 8.56. The number of aliphatic hydroxyl groups is 1. The molecule has 4 heteroatoms. The van der Waals surface area contributed by atoms with Crippen LogP contribution in [0.15, 0.2) is 17.7 Å². The molecule has 0 amide bonds. The molecule has 0 saturated heterocycles. The summed E-state index contributed by atoms with van der Waals surface area (Å²) in [5.41, 5.74) is 2.52. The Labute approximate surface area is 87.8 Å². The van der Waals surface area contributed by atoms with Gasteiger partial charge in [0.2, 0.25) is 0 Å². The lowest BCUT2D eigenvalue weighted by Gasteiger charge is -2.16. The zero-order valence-electron chi connectivity index (χ0n) is 8.56. The SMILES string of the molecule is COC(=O)C1=Cc2ccc(CO)n2CC1. The summed E-state index contributed by atoms with van der Waals surface area (Å²) in [6, 6.07) is 3.76. The number of nitrogens with zero attached hydrogens (tertiary/aromatic N) is 1. The maximum absolute atomic E-state index is 11.3. The van der Waals surface area contributed by atoms with Gasteiger partial charge >= 0.3 is 5.97 Å². The molecule has 0 spiro atoms. The number of hydrogen-bond acceptors (Lipinski definition) is 3. The zero-order chi connectivity index (χ0) is 10.8. The highest BCUT2D eigenvalue weighted by molar-refractivity contribution is 5.93. The molecule has 2 heterocycles. The maximum atomic E-state index is 11.3. The van der Waals surface area contributed by atoms with E-state index in [4.69, 9.17) is 5.11 Å². The van der Waals surface area contributed by atoms with Crippen LogP contribution >= 0.6 is 0 Å². The molecule has 0 radical (unpaired) electrons. The summed E-state index contributed by atoms with van der Waals surface area (Å²) in [4.78, 5) is 11.3. The number of ether oxygens (including phenoxy) is 1. The fourth-order valence-corrected chi connectivity index (χ4v) is 1.84. The van der Waals surface area contributed by atoms with Crippen molar-refractivity contribution in [3.63, 3.8) is 0 Å². The fourth-order valence-electron chi connectivity index (χ4n) is 1.84. The van der Waals surface area contributed by atoms with Crippen molar-refractivity contribution in [2.45, 2.75) is 19.6 Å². The van der Waals surface area contributed by atoms with E-state index < -0.39 is 0 Å². The van der Waals surface area contributed by atoms with Crippen molar-refractivity contribution in [3.8, 4) is 0 Å². The third kappa shape index (κ3) is 1.68. The van der Waals surface area contributed by atoms with Gasteiger partial charge in [0.05, 0.1) is 13.7 Å². The quantitative estimate of drug-likeness (QED) is 0.734. The Hall–Kier alpha value is -1.55. The van der Waals surface area contributed by atoms with Crippen molar-refractivity contribution in [2.24, 2.45) is 0 Å². The first-order chi connectivity index (χ1) is 7.26. The second-order valence-electron chi connectivity index (χ2n) is 3.47. The molecular weight excluding hydrogens is 194 g/mol. The van der Waals surface area contributed by atoms with E-state index in [1.165, 1.54) is 7.11 Å². The van der Waals surface area contributed by atoms with Gasteiger partial charge in [-0.15, -0.1) is 0 Å². The van der Waals surface area contributed by atoms with Crippen molar-refractivity contribution in [1.29, 1.82) is 0 Å². The lowest BCUT2D eigenvalue weighted by molar-refractivity contribution is -0.136. The molecule has 15 heavy (non-hydrogen) atoms. The van der Waals surface area contributed by atoms with Gasteiger partial charge < -0.3 is 14.4 Å². The first-order valence-electron chi connectivity index (χ1n) is 4.84. The molecule has 1 N–H and O–H groups in total. The predicted octanol–water partition coefficient (Wildman–Crippen LogP) is 0.940. The van der Waals surface area contributed by atoms with E-state index >= 15 is 0 Å². The van der Waals surface area contributed by atoms with Crippen LogP contribution in [0, 0.1) is 0 Å². The van der Waals surface area contributed by atoms with Crippen LogP contribution in [0.4, 0.5) is 0 Å². The molecule has 0 aliphatic carbocycles. The molecular formula is C11H13NO3. The Morgan fingerprint density at radius 3 is 3.07 bits per heavy atom. The number of carbonyl (C=O) groups is 1. The molecule has 0 atom stereocenters. The fraction of sp³-hybridized carbons (Fsp3) is 0.364. The van der Waals surface area contributed by atoms with Crippen molar-refractivity contribution in [3.05, 3.63) is 29.1 Å². The highest BCUT2D eigenvalue weighted by atomic mass is 16.5. The van der Waals surface area contributed by atoms with Gasteiger partial charge in [0.15, 0.2) is 0 Å². The van der Waals surface area contributed by atoms with Gasteiger partial charge in [0.1, 0.15) is 0 Å². The maximum Gasteiger partial charge on any atom is 0.333 e. The third-order valence-electron chi connectivity index (χ3n) is 2.64. The Kier molecular flexibility index (Phi) is 2.60. The smallest absolute Gasteiger partial charge is 0.333 e. The average Bonchev–Trinajstić information content (AvgIpc) is 2.69. The molecule has 1 aromatic heterocycles. The molecule has 1 aliphatic heterocycles. The summed E-state index contributed by atoms with van der Waals surface area (Å²) in [6.45, 7) is 0.751. The van der Waals surface area contributed by atoms with E-state index in [9.17, 15) is 4.79 Å². The van der Waals surface area contributed by atoms with E-state index in [0.29, 0.717) is 12.0 Å². The summed E-state index contributed by atoms with van der Waals surface area (Å²) >= 11 is 0. The molecule has 0 saturated carbocycles. The van der Waals surface area contributed by atoms with Crippen LogP contribution in [0.2, 0.25) is 0 Å². The van der Waals surface area contributed by atoms with Gasteiger partial charge in [0, 0.05) is 23.5 Å². The van der Waals surface area contributed by atoms with Crippen LogP contribution in [0.5, 0.6) is 0 Å². The Bertz CT molecular complexity index is 417. The standard InChI is InChI=1S/C11H13NO3/c1-15-11(14)8-4-5-12-9(6-8)2-3-10(12)7-13/h2-3,6,13H,4-5,7H2,1H3. The average molecular weight is 207 g/mol. The number of esters is 1. The van der Waals surface area contributed by atoms with Gasteiger partial charge in [0.25, 0.3) is 0 Å². The van der Waals surface area contributed by atoms with Gasteiger partial charge in [-0.2, -0.15) is 0 Å². The second-order valence-corrected chi connectivity index (χ2v) is 3.47. The number of aliphatic hydroxyl groups excluding tert-OH is 1. The number of hydrogen-bond donors (Lipinski definition) is 1. The van der Waals surface area contributed by atoms with Crippen LogP contribution in [-0.4, -0.2) is 22.8 Å². The monoisotopic (exact) mass is 207 g/mol. The van der Waals surface area contributed by atoms with Crippen molar-refractivity contribution >= 4 is 12.0 Å². The molecule has 0 bridgehead atoms. The van der Waals surface area contributed by atoms with Crippen molar-refractivity contribution < 1.29 is 14.6 Å². The van der Waals surface area contributed by atoms with Gasteiger partial charge in [-0.3, -0.25) is 0 Å². The highest BCUT2D eigenvalue weighted by Gasteiger charge is 2.17. The molecule has 1 aliphatic rings. The Morgan fingerprint density at radius 1 is 1.60 bits per heavy atom. The molecule has 80 valence electrons. The summed E-state index contributed by atoms with van der Waals surface area (Å²) in [6.07, 6.45) is 2.47. The molecule has 1 aromatic rings. The summed E-state index contributed by atoms with van der Waals surface area (Å²) in [7, 11) is 1.38. The summed E-state index contributed by atoms with van der Waals surface area (Å²) in [5.74, 6) is -0.270. The second kappa shape index (κ2) is 3.90.